The third-order valence-corrected chi connectivity index (χ3v) is 5.51. The van der Waals surface area contributed by atoms with Gasteiger partial charge in [0.2, 0.25) is 5.89 Å². The molecule has 4 nitrogen and oxygen atoms in total. The van der Waals surface area contributed by atoms with Crippen LogP contribution >= 0.6 is 23.5 Å². The normalized spacial score (nSPS) is 23.6. The second-order valence-corrected chi connectivity index (χ2v) is 7.73. The van der Waals surface area contributed by atoms with Gasteiger partial charge in [0, 0.05) is 17.3 Å². The molecule has 1 aliphatic rings. The van der Waals surface area contributed by atoms with Crippen molar-refractivity contribution in [1.29, 1.82) is 0 Å². The highest BCUT2D eigenvalue weighted by atomic mass is 32.2. The zero-order valence-corrected chi connectivity index (χ0v) is 12.1. The molecule has 0 bridgehead atoms. The summed E-state index contributed by atoms with van der Waals surface area (Å²) < 4.78 is 5.30. The summed E-state index contributed by atoms with van der Waals surface area (Å²) >= 11 is 3.85. The summed E-state index contributed by atoms with van der Waals surface area (Å²) in [6.45, 7) is 6.23. The summed E-state index contributed by atoms with van der Waals surface area (Å²) in [4.78, 5) is 4.46. The highest BCUT2D eigenvalue weighted by Gasteiger charge is 2.29. The minimum atomic E-state index is -0.204. The summed E-state index contributed by atoms with van der Waals surface area (Å²) in [5.41, 5.74) is 6.05. The third-order valence-electron chi connectivity index (χ3n) is 2.76. The maximum atomic E-state index is 6.11. The van der Waals surface area contributed by atoms with Crippen LogP contribution in [0.2, 0.25) is 0 Å². The molecule has 96 valence electrons. The molecule has 0 saturated carbocycles. The van der Waals surface area contributed by atoms with Crippen molar-refractivity contribution in [1.82, 2.24) is 10.1 Å². The van der Waals surface area contributed by atoms with Crippen molar-refractivity contribution >= 4 is 23.5 Å². The number of hydrogen-bond donors (Lipinski definition) is 1. The van der Waals surface area contributed by atoms with Gasteiger partial charge in [-0.3, -0.25) is 0 Å². The van der Waals surface area contributed by atoms with Crippen LogP contribution in [0.1, 0.15) is 43.8 Å². The second-order valence-electron chi connectivity index (χ2n) is 5.27. The van der Waals surface area contributed by atoms with Crippen molar-refractivity contribution < 1.29 is 4.52 Å². The van der Waals surface area contributed by atoms with E-state index in [2.05, 4.69) is 30.9 Å². The lowest BCUT2D eigenvalue weighted by molar-refractivity contribution is 0.252. The lowest BCUT2D eigenvalue weighted by atomic mass is 9.87. The maximum Gasteiger partial charge on any atom is 0.244 e. The SMILES string of the molecule is CC(C)(C)[C@H](N)c1nc(C2CSCCS2)no1. The van der Waals surface area contributed by atoms with Gasteiger partial charge in [0.05, 0.1) is 11.3 Å². The molecule has 0 spiro atoms. The maximum absolute atomic E-state index is 6.11. The fourth-order valence-corrected chi connectivity index (χ4v) is 4.10. The monoisotopic (exact) mass is 273 g/mol. The highest BCUT2D eigenvalue weighted by Crippen LogP contribution is 2.36. The Bertz CT molecular complexity index is 369. The molecular weight excluding hydrogens is 254 g/mol. The minimum Gasteiger partial charge on any atom is -0.338 e. The molecule has 1 aromatic rings. The number of nitrogens with zero attached hydrogens (tertiary/aromatic N) is 2. The Morgan fingerprint density at radius 1 is 1.41 bits per heavy atom. The summed E-state index contributed by atoms with van der Waals surface area (Å²) in [7, 11) is 0. The standard InChI is InChI=1S/C11H19N3OS2/c1-11(2,3)8(12)10-13-9(14-15-10)7-6-16-4-5-17-7/h7-8H,4-6,12H2,1-3H3/t7?,8-/m1/s1. The van der Waals surface area contributed by atoms with Crippen LogP contribution in [0.4, 0.5) is 0 Å². The molecule has 1 aliphatic heterocycles. The number of hydrogen-bond acceptors (Lipinski definition) is 6. The van der Waals surface area contributed by atoms with E-state index in [9.17, 15) is 0 Å². The molecule has 2 rings (SSSR count). The van der Waals surface area contributed by atoms with Crippen molar-refractivity contribution in [2.45, 2.75) is 32.1 Å². The van der Waals surface area contributed by atoms with E-state index < -0.39 is 0 Å². The van der Waals surface area contributed by atoms with Gasteiger partial charge in [-0.05, 0) is 5.41 Å². The Labute approximate surface area is 110 Å². The first-order valence-electron chi connectivity index (χ1n) is 5.77. The third kappa shape index (κ3) is 3.17. The predicted molar refractivity (Wildman–Crippen MR) is 73.2 cm³/mol. The van der Waals surface area contributed by atoms with Gasteiger partial charge >= 0.3 is 0 Å². The van der Waals surface area contributed by atoms with E-state index in [1.54, 1.807) is 0 Å². The molecule has 1 fully saturated rings. The smallest absolute Gasteiger partial charge is 0.244 e. The van der Waals surface area contributed by atoms with Crippen molar-refractivity contribution in [3.8, 4) is 0 Å². The number of nitrogens with two attached hydrogens (primary N) is 1. The molecule has 2 heterocycles. The van der Waals surface area contributed by atoms with E-state index in [1.165, 1.54) is 5.75 Å². The average Bonchev–Trinajstić information content (AvgIpc) is 2.77. The fourth-order valence-electron chi connectivity index (χ4n) is 1.51. The van der Waals surface area contributed by atoms with Gasteiger partial charge in [-0.15, -0.1) is 11.8 Å². The van der Waals surface area contributed by atoms with Crippen LogP contribution in [-0.2, 0) is 0 Å². The zero-order chi connectivity index (χ0) is 12.5. The van der Waals surface area contributed by atoms with Gasteiger partial charge in [-0.2, -0.15) is 16.7 Å². The Balaban J connectivity index is 2.10. The number of aromatic nitrogens is 2. The molecule has 6 heteroatoms. The molecule has 0 radical (unpaired) electrons. The molecular formula is C11H19N3OS2. The van der Waals surface area contributed by atoms with Gasteiger partial charge < -0.3 is 10.3 Å². The van der Waals surface area contributed by atoms with Crippen molar-refractivity contribution in [3.05, 3.63) is 11.7 Å². The Morgan fingerprint density at radius 3 is 2.76 bits per heavy atom. The molecule has 1 unspecified atom stereocenters. The Kier molecular flexibility index (Phi) is 4.05. The van der Waals surface area contributed by atoms with E-state index in [4.69, 9.17) is 10.3 Å². The fraction of sp³-hybridized carbons (Fsp3) is 0.818. The van der Waals surface area contributed by atoms with Crippen LogP contribution < -0.4 is 5.73 Å². The van der Waals surface area contributed by atoms with Crippen LogP contribution in [0.3, 0.4) is 0 Å². The van der Waals surface area contributed by atoms with Gasteiger partial charge in [-0.1, -0.05) is 25.9 Å². The van der Waals surface area contributed by atoms with Gasteiger partial charge in [0.25, 0.3) is 0 Å². The Hall–Kier alpha value is -0.200. The van der Waals surface area contributed by atoms with Gasteiger partial charge in [0.15, 0.2) is 5.82 Å². The quantitative estimate of drug-likeness (QED) is 0.893. The van der Waals surface area contributed by atoms with Crippen molar-refractivity contribution in [3.63, 3.8) is 0 Å². The molecule has 1 aromatic heterocycles. The first kappa shape index (κ1) is 13.2. The van der Waals surface area contributed by atoms with E-state index in [-0.39, 0.29) is 11.5 Å². The van der Waals surface area contributed by atoms with Gasteiger partial charge in [0.1, 0.15) is 0 Å². The van der Waals surface area contributed by atoms with Crippen LogP contribution in [0.15, 0.2) is 4.52 Å². The average molecular weight is 273 g/mol. The number of thioether (sulfide) groups is 2. The second kappa shape index (κ2) is 5.20. The van der Waals surface area contributed by atoms with Crippen LogP contribution in [0.25, 0.3) is 0 Å². The lowest BCUT2D eigenvalue weighted by Crippen LogP contribution is -2.26. The van der Waals surface area contributed by atoms with E-state index in [0.29, 0.717) is 11.1 Å². The molecule has 17 heavy (non-hydrogen) atoms. The topological polar surface area (TPSA) is 64.9 Å². The Morgan fingerprint density at radius 2 is 2.18 bits per heavy atom. The first-order chi connectivity index (χ1) is 7.98. The van der Waals surface area contributed by atoms with Crippen LogP contribution in [-0.4, -0.2) is 27.4 Å². The molecule has 2 atom stereocenters. The largest absolute Gasteiger partial charge is 0.338 e. The lowest BCUT2D eigenvalue weighted by Gasteiger charge is -2.23. The molecule has 0 aliphatic carbocycles. The highest BCUT2D eigenvalue weighted by molar-refractivity contribution is 8.06. The van der Waals surface area contributed by atoms with E-state index in [1.807, 2.05) is 23.5 Å². The molecule has 1 saturated heterocycles. The molecule has 0 aromatic carbocycles. The predicted octanol–water partition coefficient (Wildman–Crippen LogP) is 2.64. The van der Waals surface area contributed by atoms with Crippen LogP contribution in [0.5, 0.6) is 0 Å². The summed E-state index contributed by atoms with van der Waals surface area (Å²) in [5, 5.41) is 4.43. The van der Waals surface area contributed by atoms with Crippen LogP contribution in [0, 0.1) is 5.41 Å². The van der Waals surface area contributed by atoms with E-state index >= 15 is 0 Å². The summed E-state index contributed by atoms with van der Waals surface area (Å²) in [6, 6.07) is -0.204. The summed E-state index contributed by atoms with van der Waals surface area (Å²) in [5.74, 6) is 4.80. The van der Waals surface area contributed by atoms with Crippen molar-refractivity contribution in [2.75, 3.05) is 17.3 Å². The first-order valence-corrected chi connectivity index (χ1v) is 7.97. The minimum absolute atomic E-state index is 0.0573. The van der Waals surface area contributed by atoms with Crippen molar-refractivity contribution in [2.24, 2.45) is 11.1 Å². The molecule has 2 N–H and O–H groups in total. The number of rotatable bonds is 2. The molecule has 0 amide bonds. The van der Waals surface area contributed by atoms with Gasteiger partial charge in [-0.25, -0.2) is 0 Å². The summed E-state index contributed by atoms with van der Waals surface area (Å²) in [6.07, 6.45) is 0. The van der Waals surface area contributed by atoms with E-state index in [0.717, 1.165) is 17.3 Å². The zero-order valence-electron chi connectivity index (χ0n) is 10.5.